The molecule has 0 saturated carbocycles. The smallest absolute Gasteiger partial charge is 0.212 e. The molecule has 2 unspecified atom stereocenters. The molecule has 1 aromatic rings. The Hall–Kier alpha value is -0.100. The van der Waals surface area contributed by atoms with Crippen LogP contribution in [0.2, 0.25) is 0 Å². The van der Waals surface area contributed by atoms with E-state index in [0.29, 0.717) is 12.4 Å². The maximum Gasteiger partial charge on any atom is 0.214 e. The summed E-state index contributed by atoms with van der Waals surface area (Å²) in [6, 6.07) is 2.07. The molecular formula is C13H20ClNO2S2. The second-order valence-electron chi connectivity index (χ2n) is 5.12. The average Bonchev–Trinajstić information content (AvgIpc) is 2.84. The minimum absolute atomic E-state index is 0.00234. The predicted molar refractivity (Wildman–Crippen MR) is 81.4 cm³/mol. The van der Waals surface area contributed by atoms with Crippen molar-refractivity contribution in [1.82, 2.24) is 4.31 Å². The van der Waals surface area contributed by atoms with Crippen molar-refractivity contribution < 1.29 is 8.42 Å². The summed E-state index contributed by atoms with van der Waals surface area (Å²) in [7, 11) is -3.22. The van der Waals surface area contributed by atoms with Crippen LogP contribution in [0.3, 0.4) is 0 Å². The molecule has 0 amide bonds. The summed E-state index contributed by atoms with van der Waals surface area (Å²) in [6.45, 7) is 4.53. The second-order valence-corrected chi connectivity index (χ2v) is 8.40. The summed E-state index contributed by atoms with van der Waals surface area (Å²) in [5.74, 6) is 0.521. The van der Waals surface area contributed by atoms with Crippen LogP contribution in [0.15, 0.2) is 11.4 Å². The molecule has 2 atom stereocenters. The van der Waals surface area contributed by atoms with Crippen LogP contribution >= 0.6 is 22.9 Å². The Bertz CT molecular complexity index is 527. The Balaban J connectivity index is 2.26. The third-order valence-electron chi connectivity index (χ3n) is 3.55. The molecule has 0 N–H and O–H groups in total. The summed E-state index contributed by atoms with van der Waals surface area (Å²) in [5, 5.41) is 2.06. The summed E-state index contributed by atoms with van der Waals surface area (Å²) >= 11 is 7.48. The Labute approximate surface area is 124 Å². The van der Waals surface area contributed by atoms with Crippen LogP contribution in [0.4, 0.5) is 0 Å². The van der Waals surface area contributed by atoms with E-state index in [1.54, 1.807) is 15.6 Å². The quantitative estimate of drug-likeness (QED) is 0.781. The molecule has 2 heterocycles. The topological polar surface area (TPSA) is 37.4 Å². The molecule has 1 aliphatic rings. The Kier molecular flexibility index (Phi) is 4.93. The van der Waals surface area contributed by atoms with Crippen molar-refractivity contribution in [1.29, 1.82) is 0 Å². The number of halogens is 1. The van der Waals surface area contributed by atoms with Gasteiger partial charge in [0.25, 0.3) is 0 Å². The lowest BCUT2D eigenvalue weighted by Gasteiger charge is -2.34. The van der Waals surface area contributed by atoms with Gasteiger partial charge in [-0.3, -0.25) is 0 Å². The maximum absolute atomic E-state index is 12.5. The summed E-state index contributed by atoms with van der Waals surface area (Å²) < 4.78 is 26.7. The molecule has 0 aromatic carbocycles. The Morgan fingerprint density at radius 1 is 1.58 bits per heavy atom. The van der Waals surface area contributed by atoms with E-state index in [0.717, 1.165) is 12.8 Å². The first-order chi connectivity index (χ1) is 8.99. The molecule has 0 spiro atoms. The molecule has 3 nitrogen and oxygen atoms in total. The first-order valence-corrected chi connectivity index (χ1v) is 9.63. The first kappa shape index (κ1) is 15.3. The molecule has 0 aliphatic carbocycles. The highest BCUT2D eigenvalue weighted by atomic mass is 35.5. The van der Waals surface area contributed by atoms with Crippen LogP contribution < -0.4 is 0 Å². The Morgan fingerprint density at radius 3 is 2.95 bits per heavy atom. The van der Waals surface area contributed by atoms with Gasteiger partial charge in [-0.2, -0.15) is 4.31 Å². The standard InChI is InChI=1S/C13H20ClNO2S2/c1-3-12-11-5-7-18-13(11)4-6-15(12)19(16,17)9-10(2)8-14/h5,7,10,12H,3-4,6,8-9H2,1-2H3. The van der Waals surface area contributed by atoms with Gasteiger partial charge in [0, 0.05) is 17.3 Å². The lowest BCUT2D eigenvalue weighted by Crippen LogP contribution is -2.41. The van der Waals surface area contributed by atoms with Crippen molar-refractivity contribution in [3.8, 4) is 0 Å². The molecule has 6 heteroatoms. The first-order valence-electron chi connectivity index (χ1n) is 6.61. The van der Waals surface area contributed by atoms with Crippen molar-refractivity contribution in [3.05, 3.63) is 21.9 Å². The number of sulfonamides is 1. The molecule has 0 radical (unpaired) electrons. The van der Waals surface area contributed by atoms with E-state index in [1.807, 2.05) is 13.8 Å². The van der Waals surface area contributed by atoms with Gasteiger partial charge in [-0.05, 0) is 35.8 Å². The monoisotopic (exact) mass is 321 g/mol. The fourth-order valence-corrected chi connectivity index (χ4v) is 5.84. The van der Waals surface area contributed by atoms with E-state index in [-0.39, 0.29) is 17.7 Å². The molecule has 1 aromatic heterocycles. The molecular weight excluding hydrogens is 302 g/mol. The van der Waals surface area contributed by atoms with Gasteiger partial charge in [0.05, 0.1) is 11.8 Å². The molecule has 108 valence electrons. The minimum Gasteiger partial charge on any atom is -0.212 e. The second kappa shape index (κ2) is 6.12. The number of fused-ring (bicyclic) bond motifs is 1. The van der Waals surface area contributed by atoms with Gasteiger partial charge in [-0.15, -0.1) is 22.9 Å². The van der Waals surface area contributed by atoms with E-state index < -0.39 is 10.0 Å². The van der Waals surface area contributed by atoms with Crippen molar-refractivity contribution in [2.75, 3.05) is 18.2 Å². The summed E-state index contributed by atoms with van der Waals surface area (Å²) in [6.07, 6.45) is 1.65. The lowest BCUT2D eigenvalue weighted by molar-refractivity contribution is 0.302. The number of thiophene rings is 1. The minimum atomic E-state index is -3.22. The van der Waals surface area contributed by atoms with Gasteiger partial charge in [0.2, 0.25) is 10.0 Å². The zero-order valence-electron chi connectivity index (χ0n) is 11.3. The van der Waals surface area contributed by atoms with E-state index >= 15 is 0 Å². The normalized spacial score (nSPS) is 22.2. The maximum atomic E-state index is 12.5. The van der Waals surface area contributed by atoms with Crippen LogP contribution in [0.1, 0.15) is 36.8 Å². The number of hydrogen-bond donors (Lipinski definition) is 0. The highest BCUT2D eigenvalue weighted by Crippen LogP contribution is 2.37. The van der Waals surface area contributed by atoms with E-state index in [2.05, 4.69) is 11.4 Å². The Morgan fingerprint density at radius 2 is 2.32 bits per heavy atom. The molecule has 2 rings (SSSR count). The summed E-state index contributed by atoms with van der Waals surface area (Å²) in [5.41, 5.74) is 1.20. The van der Waals surface area contributed by atoms with Crippen molar-refractivity contribution in [2.24, 2.45) is 5.92 Å². The van der Waals surface area contributed by atoms with Crippen LogP contribution in [0.25, 0.3) is 0 Å². The van der Waals surface area contributed by atoms with Crippen molar-refractivity contribution in [2.45, 2.75) is 32.7 Å². The van der Waals surface area contributed by atoms with E-state index in [1.165, 1.54) is 10.4 Å². The van der Waals surface area contributed by atoms with Gasteiger partial charge in [-0.1, -0.05) is 13.8 Å². The number of rotatable bonds is 5. The zero-order valence-corrected chi connectivity index (χ0v) is 13.7. The number of hydrogen-bond acceptors (Lipinski definition) is 3. The van der Waals surface area contributed by atoms with Crippen molar-refractivity contribution in [3.63, 3.8) is 0 Å². The van der Waals surface area contributed by atoms with Gasteiger partial charge in [0.1, 0.15) is 0 Å². The van der Waals surface area contributed by atoms with Crippen molar-refractivity contribution >= 4 is 33.0 Å². The van der Waals surface area contributed by atoms with Crippen LogP contribution in [-0.2, 0) is 16.4 Å². The summed E-state index contributed by atoms with van der Waals surface area (Å²) in [4.78, 5) is 1.34. The highest BCUT2D eigenvalue weighted by Gasteiger charge is 2.35. The van der Waals surface area contributed by atoms with Gasteiger partial charge >= 0.3 is 0 Å². The third-order valence-corrected chi connectivity index (χ3v) is 7.21. The molecule has 1 aliphatic heterocycles. The largest absolute Gasteiger partial charge is 0.214 e. The van der Waals surface area contributed by atoms with Gasteiger partial charge in [-0.25, -0.2) is 8.42 Å². The fourth-order valence-electron chi connectivity index (χ4n) is 2.63. The fraction of sp³-hybridized carbons (Fsp3) is 0.692. The van der Waals surface area contributed by atoms with Crippen LogP contribution in [-0.4, -0.2) is 30.9 Å². The SMILES string of the molecule is CCC1c2ccsc2CCN1S(=O)(=O)CC(C)CCl. The average molecular weight is 322 g/mol. The van der Waals surface area contributed by atoms with E-state index in [9.17, 15) is 8.42 Å². The number of nitrogens with zero attached hydrogens (tertiary/aromatic N) is 1. The van der Waals surface area contributed by atoms with Crippen LogP contribution in [0.5, 0.6) is 0 Å². The molecule has 0 saturated heterocycles. The highest BCUT2D eigenvalue weighted by molar-refractivity contribution is 7.89. The molecule has 0 bridgehead atoms. The molecule has 0 fully saturated rings. The lowest BCUT2D eigenvalue weighted by atomic mass is 10.0. The zero-order chi connectivity index (χ0) is 14.0. The number of alkyl halides is 1. The third kappa shape index (κ3) is 3.15. The van der Waals surface area contributed by atoms with Crippen LogP contribution in [0, 0.1) is 5.92 Å². The predicted octanol–water partition coefficient (Wildman–Crippen LogP) is 3.26. The van der Waals surface area contributed by atoms with E-state index in [4.69, 9.17) is 11.6 Å². The van der Waals surface area contributed by atoms with Gasteiger partial charge in [0.15, 0.2) is 0 Å². The molecule has 19 heavy (non-hydrogen) atoms. The van der Waals surface area contributed by atoms with Gasteiger partial charge < -0.3 is 0 Å².